The van der Waals surface area contributed by atoms with Gasteiger partial charge in [0.25, 0.3) is 6.43 Å². The van der Waals surface area contributed by atoms with Gasteiger partial charge in [0.05, 0.1) is 20.6 Å². The summed E-state index contributed by atoms with van der Waals surface area (Å²) < 4.78 is 64.2. The topological polar surface area (TPSA) is 0 Å². The Bertz CT molecular complexity index is 710. The molecule has 0 aliphatic rings. The first-order valence-corrected chi connectivity index (χ1v) is 6.89. The van der Waals surface area contributed by atoms with Gasteiger partial charge in [-0.1, -0.05) is 46.9 Å². The Morgan fingerprint density at radius 1 is 0.818 bits per heavy atom. The fourth-order valence-corrected chi connectivity index (χ4v) is 2.54. The third-order valence-electron chi connectivity index (χ3n) is 2.94. The minimum Gasteiger partial charge on any atom is -0.205 e. The van der Waals surface area contributed by atoms with Crippen molar-refractivity contribution in [1.29, 1.82) is 0 Å². The molecule has 0 radical (unpaired) electrons. The molecule has 2 rings (SSSR count). The van der Waals surface area contributed by atoms with Crippen molar-refractivity contribution < 1.29 is 22.0 Å². The van der Waals surface area contributed by atoms with Crippen molar-refractivity contribution >= 4 is 34.8 Å². The molecular weight excluding hydrogens is 370 g/mol. The lowest BCUT2D eigenvalue weighted by Gasteiger charge is -2.15. The summed E-state index contributed by atoms with van der Waals surface area (Å²) in [6.45, 7) is 0. The molecule has 0 nitrogen and oxygen atoms in total. The number of hydrogen-bond donors (Lipinski definition) is 0. The van der Waals surface area contributed by atoms with Crippen molar-refractivity contribution in [3.63, 3.8) is 0 Å². The Labute approximate surface area is 137 Å². The molecule has 0 unspecified atom stereocenters. The molecule has 0 atom stereocenters. The lowest BCUT2D eigenvalue weighted by molar-refractivity contribution is -0.137. The van der Waals surface area contributed by atoms with Gasteiger partial charge in [0.1, 0.15) is 0 Å². The smallest absolute Gasteiger partial charge is 0.205 e. The summed E-state index contributed by atoms with van der Waals surface area (Å²) in [6.07, 6.45) is -7.83. The maximum Gasteiger partial charge on any atom is 0.416 e. The van der Waals surface area contributed by atoms with Crippen molar-refractivity contribution in [3.05, 3.63) is 56.5 Å². The van der Waals surface area contributed by atoms with E-state index in [0.29, 0.717) is 12.1 Å². The summed E-state index contributed by atoms with van der Waals surface area (Å²) in [7, 11) is 0. The first kappa shape index (κ1) is 17.3. The normalized spacial score (nSPS) is 12.0. The number of halogens is 8. The van der Waals surface area contributed by atoms with Crippen molar-refractivity contribution in [2.45, 2.75) is 12.6 Å². The van der Waals surface area contributed by atoms with E-state index in [-0.39, 0.29) is 26.2 Å². The van der Waals surface area contributed by atoms with E-state index in [9.17, 15) is 22.0 Å². The van der Waals surface area contributed by atoms with Gasteiger partial charge in [0, 0.05) is 11.1 Å². The quantitative estimate of drug-likeness (QED) is 0.382. The first-order chi connectivity index (χ1) is 10.1. The second-order valence-corrected chi connectivity index (χ2v) is 5.49. The molecule has 0 amide bonds. The van der Waals surface area contributed by atoms with Crippen molar-refractivity contribution in [3.8, 4) is 11.1 Å². The van der Waals surface area contributed by atoms with Crippen LogP contribution in [0, 0.1) is 0 Å². The van der Waals surface area contributed by atoms with E-state index in [1.165, 1.54) is 12.1 Å². The maximum absolute atomic E-state index is 13.1. The predicted molar refractivity (Wildman–Crippen MR) is 76.9 cm³/mol. The van der Waals surface area contributed by atoms with E-state index >= 15 is 0 Å². The second-order valence-electron chi connectivity index (χ2n) is 4.32. The van der Waals surface area contributed by atoms with Gasteiger partial charge < -0.3 is 0 Å². The highest BCUT2D eigenvalue weighted by Crippen LogP contribution is 2.42. The summed E-state index contributed by atoms with van der Waals surface area (Å²) in [4.78, 5) is 0. The molecule has 118 valence electrons. The molecule has 0 saturated heterocycles. The predicted octanol–water partition coefficient (Wildman–Crippen LogP) is 7.27. The minimum absolute atomic E-state index is 0.0547. The monoisotopic (exact) mass is 374 g/mol. The highest BCUT2D eigenvalue weighted by atomic mass is 35.5. The fraction of sp³-hybridized carbons (Fsp3) is 0.143. The standard InChI is InChI=1S/C14H6Cl3F5/c15-10-4-3-8(11(16)12(10)17)7-2-1-6(14(20,21)22)5-9(7)13(18)19/h1-5,13H. The zero-order valence-electron chi connectivity index (χ0n) is 10.5. The van der Waals surface area contributed by atoms with Gasteiger partial charge in [-0.05, 0) is 23.8 Å². The van der Waals surface area contributed by atoms with Crippen LogP contribution in [0.4, 0.5) is 22.0 Å². The van der Waals surface area contributed by atoms with Gasteiger partial charge in [-0.25, -0.2) is 8.78 Å². The Hall–Kier alpha value is -1.04. The van der Waals surface area contributed by atoms with E-state index < -0.39 is 23.7 Å². The zero-order valence-corrected chi connectivity index (χ0v) is 12.8. The molecule has 0 aliphatic carbocycles. The molecule has 2 aromatic rings. The van der Waals surface area contributed by atoms with Crippen LogP contribution in [-0.2, 0) is 6.18 Å². The molecule has 0 spiro atoms. The minimum atomic E-state index is -4.72. The van der Waals surface area contributed by atoms with Crippen molar-refractivity contribution in [2.75, 3.05) is 0 Å². The maximum atomic E-state index is 13.1. The average Bonchev–Trinajstić information content (AvgIpc) is 2.43. The molecule has 0 aromatic heterocycles. The number of rotatable bonds is 2. The molecule has 0 heterocycles. The van der Waals surface area contributed by atoms with Crippen LogP contribution in [0.25, 0.3) is 11.1 Å². The van der Waals surface area contributed by atoms with Crippen LogP contribution < -0.4 is 0 Å². The van der Waals surface area contributed by atoms with Gasteiger partial charge in [0.2, 0.25) is 0 Å². The molecule has 0 saturated carbocycles. The Kier molecular flexibility index (Phi) is 4.90. The second kappa shape index (κ2) is 6.22. The van der Waals surface area contributed by atoms with Gasteiger partial charge in [-0.15, -0.1) is 0 Å². The van der Waals surface area contributed by atoms with E-state index in [1.807, 2.05) is 0 Å². The van der Waals surface area contributed by atoms with E-state index in [2.05, 4.69) is 0 Å². The lowest BCUT2D eigenvalue weighted by Crippen LogP contribution is -2.06. The molecule has 0 aliphatic heterocycles. The van der Waals surface area contributed by atoms with Gasteiger partial charge >= 0.3 is 6.18 Å². The summed E-state index contributed by atoms with van der Waals surface area (Å²) in [5.74, 6) is 0. The first-order valence-electron chi connectivity index (χ1n) is 5.76. The van der Waals surface area contributed by atoms with Crippen LogP contribution in [0.3, 0.4) is 0 Å². The lowest BCUT2D eigenvalue weighted by atomic mass is 9.97. The summed E-state index contributed by atoms with van der Waals surface area (Å²) in [5.41, 5.74) is -2.00. The molecule has 22 heavy (non-hydrogen) atoms. The Morgan fingerprint density at radius 3 is 1.95 bits per heavy atom. The summed E-state index contributed by atoms with van der Waals surface area (Å²) >= 11 is 17.5. The molecule has 0 bridgehead atoms. The van der Waals surface area contributed by atoms with Gasteiger partial charge in [-0.2, -0.15) is 13.2 Å². The molecular formula is C14H6Cl3F5. The molecule has 0 N–H and O–H groups in total. The molecule has 2 aromatic carbocycles. The van der Waals surface area contributed by atoms with Crippen LogP contribution in [-0.4, -0.2) is 0 Å². The van der Waals surface area contributed by atoms with Crippen molar-refractivity contribution in [2.24, 2.45) is 0 Å². The Balaban J connectivity index is 2.69. The number of alkyl halides is 5. The highest BCUT2D eigenvalue weighted by molar-refractivity contribution is 6.49. The van der Waals surface area contributed by atoms with E-state index in [1.54, 1.807) is 0 Å². The number of benzene rings is 2. The fourth-order valence-electron chi connectivity index (χ4n) is 1.90. The van der Waals surface area contributed by atoms with E-state index in [4.69, 9.17) is 34.8 Å². The molecule has 0 fully saturated rings. The average molecular weight is 376 g/mol. The van der Waals surface area contributed by atoms with Gasteiger partial charge in [-0.3, -0.25) is 0 Å². The van der Waals surface area contributed by atoms with E-state index in [0.717, 1.165) is 6.07 Å². The van der Waals surface area contributed by atoms with Crippen molar-refractivity contribution in [1.82, 2.24) is 0 Å². The van der Waals surface area contributed by atoms with Gasteiger partial charge in [0.15, 0.2) is 0 Å². The summed E-state index contributed by atoms with van der Waals surface area (Å²) in [6, 6.07) is 4.71. The third-order valence-corrected chi connectivity index (χ3v) is 4.23. The zero-order chi connectivity index (χ0) is 16.7. The third kappa shape index (κ3) is 3.31. The van der Waals surface area contributed by atoms with Crippen LogP contribution in [0.1, 0.15) is 17.6 Å². The van der Waals surface area contributed by atoms with Crippen LogP contribution in [0.2, 0.25) is 15.1 Å². The largest absolute Gasteiger partial charge is 0.416 e. The SMILES string of the molecule is FC(F)c1cc(C(F)(F)F)ccc1-c1ccc(Cl)c(Cl)c1Cl. The van der Waals surface area contributed by atoms with Crippen LogP contribution in [0.5, 0.6) is 0 Å². The van der Waals surface area contributed by atoms with Crippen LogP contribution >= 0.6 is 34.8 Å². The van der Waals surface area contributed by atoms with Crippen LogP contribution in [0.15, 0.2) is 30.3 Å². The summed E-state index contributed by atoms with van der Waals surface area (Å²) in [5, 5.41) is -0.0438. The molecule has 8 heteroatoms. The number of hydrogen-bond acceptors (Lipinski definition) is 0. The highest BCUT2D eigenvalue weighted by Gasteiger charge is 2.32. The Morgan fingerprint density at radius 2 is 1.41 bits per heavy atom.